The van der Waals surface area contributed by atoms with Crippen LogP contribution in [0.25, 0.3) is 0 Å². The maximum Gasteiger partial charge on any atom is 0.257 e. The molecule has 0 saturated carbocycles. The van der Waals surface area contributed by atoms with E-state index in [1.165, 1.54) is 12.1 Å². The monoisotopic (exact) mass is 199 g/mol. The van der Waals surface area contributed by atoms with Crippen LogP contribution in [0.4, 0.5) is 8.78 Å². The molecular weight excluding hydrogens is 190 g/mol. The largest absolute Gasteiger partial charge is 0.550 e. The number of aliphatic carboxylic acids is 1. The Morgan fingerprint density at radius 1 is 1.29 bits per heavy atom. The Morgan fingerprint density at radius 2 is 1.86 bits per heavy atom. The predicted molar refractivity (Wildman–Crippen MR) is 44.7 cm³/mol. The molecule has 4 heteroatoms. The fourth-order valence-corrected chi connectivity index (χ4v) is 1.17. The maximum absolute atomic E-state index is 12.9. The lowest BCUT2D eigenvalue weighted by atomic mass is 10.1. The van der Waals surface area contributed by atoms with Crippen LogP contribution in [0.5, 0.6) is 0 Å². The summed E-state index contributed by atoms with van der Waals surface area (Å²) in [6.07, 6.45) is -1.80. The average Bonchev–Trinajstić information content (AvgIpc) is 2.02. The number of rotatable bonds is 4. The van der Waals surface area contributed by atoms with E-state index in [0.29, 0.717) is 5.56 Å². The van der Waals surface area contributed by atoms with Crippen molar-refractivity contribution in [2.75, 3.05) is 0 Å². The number of carbonyl (C=O) groups excluding carboxylic acids is 1. The molecule has 0 radical (unpaired) electrons. The molecule has 2 nitrogen and oxygen atoms in total. The molecule has 0 bridgehead atoms. The van der Waals surface area contributed by atoms with E-state index in [1.54, 1.807) is 18.2 Å². The molecular formula is C10H9F2O2-. The van der Waals surface area contributed by atoms with Gasteiger partial charge in [-0.15, -0.1) is 0 Å². The first-order valence-electron chi connectivity index (χ1n) is 4.11. The summed E-state index contributed by atoms with van der Waals surface area (Å²) in [7, 11) is 0. The van der Waals surface area contributed by atoms with Gasteiger partial charge < -0.3 is 9.90 Å². The summed E-state index contributed by atoms with van der Waals surface area (Å²) >= 11 is 0. The molecule has 1 rings (SSSR count). The van der Waals surface area contributed by atoms with Crippen LogP contribution in [0.15, 0.2) is 30.3 Å². The van der Waals surface area contributed by atoms with Crippen LogP contribution >= 0.6 is 0 Å². The second kappa shape index (κ2) is 4.17. The molecule has 0 unspecified atom stereocenters. The molecule has 0 aliphatic rings. The first-order chi connectivity index (χ1) is 6.49. The number of benzene rings is 1. The SMILES string of the molecule is O=C([O-])CC(F)(F)Cc1ccccc1. The van der Waals surface area contributed by atoms with Crippen molar-refractivity contribution in [1.29, 1.82) is 0 Å². The van der Waals surface area contributed by atoms with Gasteiger partial charge in [-0.1, -0.05) is 30.3 Å². The highest BCUT2D eigenvalue weighted by molar-refractivity contribution is 5.65. The lowest BCUT2D eigenvalue weighted by Gasteiger charge is -2.16. The second-order valence-corrected chi connectivity index (χ2v) is 3.07. The third-order valence-electron chi connectivity index (χ3n) is 1.71. The molecule has 0 saturated heterocycles. The van der Waals surface area contributed by atoms with E-state index in [9.17, 15) is 18.7 Å². The zero-order valence-electron chi connectivity index (χ0n) is 7.37. The fourth-order valence-electron chi connectivity index (χ4n) is 1.17. The van der Waals surface area contributed by atoms with Crippen molar-refractivity contribution in [3.05, 3.63) is 35.9 Å². The average molecular weight is 199 g/mol. The summed E-state index contributed by atoms with van der Waals surface area (Å²) in [6.45, 7) is 0. The smallest absolute Gasteiger partial charge is 0.257 e. The Bertz CT molecular complexity index is 309. The Kier molecular flexibility index (Phi) is 3.17. The van der Waals surface area contributed by atoms with Gasteiger partial charge in [-0.05, 0) is 5.56 Å². The van der Waals surface area contributed by atoms with Gasteiger partial charge in [0.2, 0.25) is 0 Å². The molecule has 0 aliphatic heterocycles. The number of carboxylic acids is 1. The molecule has 0 atom stereocenters. The lowest BCUT2D eigenvalue weighted by molar-refractivity contribution is -0.310. The molecule has 76 valence electrons. The third kappa shape index (κ3) is 3.51. The highest BCUT2D eigenvalue weighted by Crippen LogP contribution is 2.23. The first-order valence-corrected chi connectivity index (χ1v) is 4.11. The van der Waals surface area contributed by atoms with Gasteiger partial charge in [0, 0.05) is 12.4 Å². The summed E-state index contributed by atoms with van der Waals surface area (Å²) in [4.78, 5) is 10.0. The molecule has 1 aromatic carbocycles. The van der Waals surface area contributed by atoms with Crippen LogP contribution in [0, 0.1) is 0 Å². The molecule has 14 heavy (non-hydrogen) atoms. The minimum absolute atomic E-state index is 0.416. The zero-order chi connectivity index (χ0) is 10.6. The van der Waals surface area contributed by atoms with Crippen molar-refractivity contribution in [2.45, 2.75) is 18.8 Å². The lowest BCUT2D eigenvalue weighted by Crippen LogP contribution is -2.32. The van der Waals surface area contributed by atoms with Crippen molar-refractivity contribution in [2.24, 2.45) is 0 Å². The van der Waals surface area contributed by atoms with Gasteiger partial charge in [-0.3, -0.25) is 0 Å². The minimum Gasteiger partial charge on any atom is -0.550 e. The van der Waals surface area contributed by atoms with Crippen molar-refractivity contribution < 1.29 is 18.7 Å². The van der Waals surface area contributed by atoms with Gasteiger partial charge in [0.15, 0.2) is 0 Å². The predicted octanol–water partition coefficient (Wildman–Crippen LogP) is 1.00. The number of carboxylic acid groups (broad SMARTS) is 1. The number of carbonyl (C=O) groups is 1. The number of hydrogen-bond acceptors (Lipinski definition) is 2. The highest BCUT2D eigenvalue weighted by Gasteiger charge is 2.29. The summed E-state index contributed by atoms with van der Waals surface area (Å²) in [5.74, 6) is -4.97. The summed E-state index contributed by atoms with van der Waals surface area (Å²) in [6, 6.07) is 8.03. The van der Waals surface area contributed by atoms with E-state index in [-0.39, 0.29) is 0 Å². The number of hydrogen-bond donors (Lipinski definition) is 0. The molecule has 0 fully saturated rings. The van der Waals surface area contributed by atoms with Crippen LogP contribution in [0.3, 0.4) is 0 Å². The Balaban J connectivity index is 2.63. The van der Waals surface area contributed by atoms with Gasteiger partial charge in [0.05, 0.1) is 6.42 Å². The van der Waals surface area contributed by atoms with Crippen molar-refractivity contribution in [1.82, 2.24) is 0 Å². The molecule has 0 N–H and O–H groups in total. The van der Waals surface area contributed by atoms with Crippen LogP contribution in [-0.2, 0) is 11.2 Å². The van der Waals surface area contributed by atoms with E-state index < -0.39 is 24.7 Å². The van der Waals surface area contributed by atoms with E-state index in [0.717, 1.165) is 0 Å². The summed E-state index contributed by atoms with van der Waals surface area (Å²) in [5.41, 5.74) is 0.416. The maximum atomic E-state index is 12.9. The van der Waals surface area contributed by atoms with Crippen LogP contribution < -0.4 is 5.11 Å². The Labute approximate surface area is 80.2 Å². The van der Waals surface area contributed by atoms with Gasteiger partial charge in [0.25, 0.3) is 5.92 Å². The normalized spacial score (nSPS) is 11.3. The first kappa shape index (κ1) is 10.6. The number of halogens is 2. The Morgan fingerprint density at radius 3 is 2.36 bits per heavy atom. The number of alkyl halides is 2. The highest BCUT2D eigenvalue weighted by atomic mass is 19.3. The van der Waals surface area contributed by atoms with Crippen LogP contribution in [-0.4, -0.2) is 11.9 Å². The molecule has 0 heterocycles. The Hall–Kier alpha value is -1.45. The van der Waals surface area contributed by atoms with Crippen LogP contribution in [0.2, 0.25) is 0 Å². The van der Waals surface area contributed by atoms with E-state index in [2.05, 4.69) is 0 Å². The van der Waals surface area contributed by atoms with Gasteiger partial charge in [-0.2, -0.15) is 0 Å². The van der Waals surface area contributed by atoms with Crippen LogP contribution in [0.1, 0.15) is 12.0 Å². The van der Waals surface area contributed by atoms with Crippen molar-refractivity contribution in [3.63, 3.8) is 0 Å². The van der Waals surface area contributed by atoms with E-state index >= 15 is 0 Å². The molecule has 0 aromatic heterocycles. The van der Waals surface area contributed by atoms with Crippen molar-refractivity contribution >= 4 is 5.97 Å². The summed E-state index contributed by atoms with van der Waals surface area (Å²) in [5, 5.41) is 10.0. The quantitative estimate of drug-likeness (QED) is 0.725. The molecule has 0 aliphatic carbocycles. The zero-order valence-corrected chi connectivity index (χ0v) is 7.37. The molecule has 0 spiro atoms. The van der Waals surface area contributed by atoms with Gasteiger partial charge in [-0.25, -0.2) is 8.78 Å². The molecule has 0 amide bonds. The van der Waals surface area contributed by atoms with Gasteiger partial charge in [0.1, 0.15) is 0 Å². The summed E-state index contributed by atoms with van der Waals surface area (Å²) < 4.78 is 25.9. The van der Waals surface area contributed by atoms with Crippen molar-refractivity contribution in [3.8, 4) is 0 Å². The second-order valence-electron chi connectivity index (χ2n) is 3.07. The standard InChI is InChI=1S/C10H10F2O2/c11-10(12,7-9(13)14)6-8-4-2-1-3-5-8/h1-5H,6-7H2,(H,13,14)/p-1. The topological polar surface area (TPSA) is 40.1 Å². The minimum atomic E-state index is -3.24. The molecule has 1 aromatic rings. The van der Waals surface area contributed by atoms with E-state index in [4.69, 9.17) is 0 Å². The van der Waals surface area contributed by atoms with E-state index in [1.807, 2.05) is 0 Å². The van der Waals surface area contributed by atoms with Gasteiger partial charge >= 0.3 is 0 Å². The third-order valence-corrected chi connectivity index (χ3v) is 1.71. The fraction of sp³-hybridized carbons (Fsp3) is 0.300.